The molecule has 1 aromatic carbocycles. The summed E-state index contributed by atoms with van der Waals surface area (Å²) in [6.45, 7) is 1.44. The smallest absolute Gasteiger partial charge is 0.275 e. The molecule has 13 heteroatoms. The highest BCUT2D eigenvalue weighted by atomic mass is 32.2. The third kappa shape index (κ3) is 5.77. The number of carbonyl (C=O) groups is 1. The van der Waals surface area contributed by atoms with Crippen LogP contribution in [-0.2, 0) is 26.2 Å². The molecule has 0 unspecified atom stereocenters. The van der Waals surface area contributed by atoms with Crippen molar-refractivity contribution in [3.8, 4) is 0 Å². The molecule has 0 saturated carbocycles. The average molecular weight is 474 g/mol. The van der Waals surface area contributed by atoms with Crippen molar-refractivity contribution in [2.75, 3.05) is 17.9 Å². The second kappa shape index (κ2) is 9.99. The van der Waals surface area contributed by atoms with E-state index in [9.17, 15) is 18.0 Å². The van der Waals surface area contributed by atoms with Crippen molar-refractivity contribution in [1.29, 1.82) is 0 Å². The van der Waals surface area contributed by atoms with E-state index in [1.54, 1.807) is 37.4 Å². The number of hydrogen-bond donors (Lipinski definition) is 4. The Hall–Kier alpha value is -4.13. The maximum atomic E-state index is 13.0. The summed E-state index contributed by atoms with van der Waals surface area (Å²) in [5, 5.41) is 6.98. The van der Waals surface area contributed by atoms with Gasteiger partial charge in [-0.05, 0) is 36.3 Å². The number of aryl methyl sites for hydroxylation is 1. The molecule has 0 spiro atoms. The minimum atomic E-state index is -4.09. The SMILES string of the molecule is Cc1ccc(NS(=O)(=O)c2cccc3cnccc23)c(=O)n1CC(=O)NCCON=C(N)N. The summed E-state index contributed by atoms with van der Waals surface area (Å²) in [7, 11) is -4.09. The van der Waals surface area contributed by atoms with Crippen LogP contribution in [0.5, 0.6) is 0 Å². The first-order valence-corrected chi connectivity index (χ1v) is 11.2. The second-order valence-electron chi connectivity index (χ2n) is 6.94. The molecule has 0 atom stereocenters. The first kappa shape index (κ1) is 23.5. The Kier molecular flexibility index (Phi) is 7.13. The number of carbonyl (C=O) groups excluding carboxylic acids is 1. The summed E-state index contributed by atoms with van der Waals surface area (Å²) >= 11 is 0. The molecule has 2 heterocycles. The van der Waals surface area contributed by atoms with Crippen molar-refractivity contribution in [3.05, 3.63) is 64.8 Å². The zero-order valence-corrected chi connectivity index (χ0v) is 18.5. The van der Waals surface area contributed by atoms with Crippen LogP contribution < -0.4 is 27.1 Å². The van der Waals surface area contributed by atoms with Crippen LogP contribution in [0.3, 0.4) is 0 Å². The number of sulfonamides is 1. The van der Waals surface area contributed by atoms with E-state index < -0.39 is 21.5 Å². The summed E-state index contributed by atoms with van der Waals surface area (Å²) in [4.78, 5) is 33.9. The topological polar surface area (TPSA) is 184 Å². The number of guanidine groups is 1. The Balaban J connectivity index is 1.78. The molecule has 0 saturated heterocycles. The molecule has 0 bridgehead atoms. The van der Waals surface area contributed by atoms with Gasteiger partial charge in [0.15, 0.2) is 0 Å². The van der Waals surface area contributed by atoms with E-state index in [2.05, 4.69) is 20.2 Å². The molecule has 0 aliphatic rings. The first-order valence-electron chi connectivity index (χ1n) is 9.72. The highest BCUT2D eigenvalue weighted by Gasteiger charge is 2.20. The molecule has 6 N–H and O–H groups in total. The fourth-order valence-electron chi connectivity index (χ4n) is 3.03. The Morgan fingerprint density at radius 1 is 1.21 bits per heavy atom. The van der Waals surface area contributed by atoms with Gasteiger partial charge in [-0.1, -0.05) is 12.1 Å². The number of nitrogens with zero attached hydrogens (tertiary/aromatic N) is 3. The molecular weight excluding hydrogens is 450 g/mol. The van der Waals surface area contributed by atoms with Crippen molar-refractivity contribution in [2.24, 2.45) is 16.6 Å². The fraction of sp³-hybridized carbons (Fsp3) is 0.200. The van der Waals surface area contributed by atoms with Gasteiger partial charge in [-0.25, -0.2) is 8.42 Å². The number of anilines is 1. The average Bonchev–Trinajstić information content (AvgIpc) is 2.77. The van der Waals surface area contributed by atoms with Crippen LogP contribution in [0.25, 0.3) is 10.8 Å². The number of nitrogens with two attached hydrogens (primary N) is 2. The van der Waals surface area contributed by atoms with Crippen LogP contribution in [0, 0.1) is 6.92 Å². The lowest BCUT2D eigenvalue weighted by atomic mass is 10.2. The summed E-state index contributed by atoms with van der Waals surface area (Å²) < 4.78 is 29.6. The molecule has 33 heavy (non-hydrogen) atoms. The zero-order chi connectivity index (χ0) is 24.0. The highest BCUT2D eigenvalue weighted by Crippen LogP contribution is 2.23. The lowest BCUT2D eigenvalue weighted by molar-refractivity contribution is -0.122. The lowest BCUT2D eigenvalue weighted by Crippen LogP contribution is -2.36. The molecule has 3 aromatic rings. The number of amides is 1. The number of rotatable bonds is 9. The highest BCUT2D eigenvalue weighted by molar-refractivity contribution is 7.93. The van der Waals surface area contributed by atoms with Crippen molar-refractivity contribution >= 4 is 38.3 Å². The van der Waals surface area contributed by atoms with Crippen LogP contribution in [0.15, 0.2) is 63.6 Å². The third-order valence-corrected chi connectivity index (χ3v) is 5.98. The van der Waals surface area contributed by atoms with Crippen LogP contribution >= 0.6 is 0 Å². The minimum absolute atomic E-state index is 0.00689. The van der Waals surface area contributed by atoms with Crippen LogP contribution in [0.2, 0.25) is 0 Å². The number of benzene rings is 1. The van der Waals surface area contributed by atoms with Gasteiger partial charge in [-0.3, -0.25) is 19.3 Å². The van der Waals surface area contributed by atoms with E-state index in [0.717, 1.165) is 4.57 Å². The molecule has 3 rings (SSSR count). The first-order chi connectivity index (χ1) is 15.7. The normalized spacial score (nSPS) is 11.1. The van der Waals surface area contributed by atoms with Gasteiger partial charge in [0, 0.05) is 28.9 Å². The number of hydrogen-bond acceptors (Lipinski definition) is 7. The minimum Gasteiger partial charge on any atom is -0.391 e. The maximum Gasteiger partial charge on any atom is 0.275 e. The van der Waals surface area contributed by atoms with Gasteiger partial charge in [-0.15, -0.1) is 0 Å². The summed E-state index contributed by atoms with van der Waals surface area (Å²) in [6, 6.07) is 9.25. The van der Waals surface area contributed by atoms with Crippen molar-refractivity contribution in [2.45, 2.75) is 18.4 Å². The molecule has 12 nitrogen and oxygen atoms in total. The quantitative estimate of drug-likeness (QED) is 0.143. The van der Waals surface area contributed by atoms with Gasteiger partial charge in [0.1, 0.15) is 18.8 Å². The predicted octanol–water partition coefficient (Wildman–Crippen LogP) is -0.173. The fourth-order valence-corrected chi connectivity index (χ4v) is 4.32. The van der Waals surface area contributed by atoms with Gasteiger partial charge < -0.3 is 26.2 Å². The number of aromatic nitrogens is 2. The molecule has 0 fully saturated rings. The van der Waals surface area contributed by atoms with Gasteiger partial charge in [0.25, 0.3) is 15.6 Å². The molecule has 0 aliphatic heterocycles. The van der Waals surface area contributed by atoms with Crippen molar-refractivity contribution in [1.82, 2.24) is 14.9 Å². The Morgan fingerprint density at radius 2 is 2.00 bits per heavy atom. The number of fused-ring (bicyclic) bond motifs is 1. The molecule has 0 aliphatic carbocycles. The van der Waals surface area contributed by atoms with Gasteiger partial charge in [0.2, 0.25) is 11.9 Å². The van der Waals surface area contributed by atoms with Crippen molar-refractivity contribution < 1.29 is 18.0 Å². The van der Waals surface area contributed by atoms with E-state index >= 15 is 0 Å². The number of nitrogens with one attached hydrogen (secondary N) is 2. The Labute approximate surface area is 189 Å². The second-order valence-corrected chi connectivity index (χ2v) is 8.59. The Bertz CT molecular complexity index is 1360. The van der Waals surface area contributed by atoms with Crippen molar-refractivity contribution in [3.63, 3.8) is 0 Å². The van der Waals surface area contributed by atoms with E-state index in [-0.39, 0.29) is 36.2 Å². The van der Waals surface area contributed by atoms with E-state index in [0.29, 0.717) is 16.5 Å². The number of oxime groups is 1. The summed E-state index contributed by atoms with van der Waals surface area (Å²) in [5.74, 6) is -0.724. The molecule has 2 aromatic heterocycles. The van der Waals surface area contributed by atoms with E-state index in [1.807, 2.05) is 0 Å². The standard InChI is InChI=1S/C20H23N7O5S/c1-13-5-6-16(19(29)27(13)12-18(28)24-9-10-32-25-20(21)22)26-33(30,31)17-4-2-3-14-11-23-8-7-15(14)17/h2-8,11,26H,9-10,12H2,1H3,(H,24,28)(H4,21,22,25). The molecular formula is C20H23N7O5S. The van der Waals surface area contributed by atoms with E-state index in [1.165, 1.54) is 18.3 Å². The summed E-state index contributed by atoms with van der Waals surface area (Å²) in [6.07, 6.45) is 3.04. The maximum absolute atomic E-state index is 13.0. The number of pyridine rings is 2. The lowest BCUT2D eigenvalue weighted by Gasteiger charge is -2.14. The van der Waals surface area contributed by atoms with Gasteiger partial charge >= 0.3 is 0 Å². The van der Waals surface area contributed by atoms with Crippen LogP contribution in [0.4, 0.5) is 5.69 Å². The van der Waals surface area contributed by atoms with Gasteiger partial charge in [0.05, 0.1) is 11.4 Å². The van der Waals surface area contributed by atoms with Gasteiger partial charge in [-0.2, -0.15) is 0 Å². The predicted molar refractivity (Wildman–Crippen MR) is 123 cm³/mol. The summed E-state index contributed by atoms with van der Waals surface area (Å²) in [5.41, 5.74) is 9.87. The third-order valence-electron chi connectivity index (χ3n) is 4.55. The van der Waals surface area contributed by atoms with E-state index in [4.69, 9.17) is 16.3 Å². The van der Waals surface area contributed by atoms with Crippen LogP contribution in [-0.4, -0.2) is 43.0 Å². The Morgan fingerprint density at radius 3 is 2.76 bits per heavy atom. The molecule has 174 valence electrons. The zero-order valence-electron chi connectivity index (χ0n) is 17.7. The molecule has 0 radical (unpaired) electrons. The van der Waals surface area contributed by atoms with Crippen LogP contribution in [0.1, 0.15) is 5.69 Å². The monoisotopic (exact) mass is 473 g/mol. The largest absolute Gasteiger partial charge is 0.391 e. The molecule has 1 amide bonds.